The van der Waals surface area contributed by atoms with Gasteiger partial charge in [0.05, 0.1) is 16.8 Å². The van der Waals surface area contributed by atoms with E-state index < -0.39 is 5.97 Å². The van der Waals surface area contributed by atoms with Crippen LogP contribution >= 0.6 is 37.2 Å². The summed E-state index contributed by atoms with van der Waals surface area (Å²) in [7, 11) is 0. The molecule has 0 unspecified atom stereocenters. The highest BCUT2D eigenvalue weighted by Gasteiger charge is 2.22. The quantitative estimate of drug-likeness (QED) is 0.406. The molecule has 2 N–H and O–H groups in total. The average molecular weight is 560 g/mol. The van der Waals surface area contributed by atoms with E-state index >= 15 is 0 Å². The smallest absolute Gasteiger partial charge is 0.336 e. The number of rotatable bonds is 6. The molecule has 1 fully saturated rings. The summed E-state index contributed by atoms with van der Waals surface area (Å²) in [4.78, 5) is 32.8. The summed E-state index contributed by atoms with van der Waals surface area (Å²) in [5.74, 6) is -0.621. The van der Waals surface area contributed by atoms with E-state index in [9.17, 15) is 19.1 Å². The highest BCUT2D eigenvalue weighted by atomic mass is 35.5. The van der Waals surface area contributed by atoms with Crippen molar-refractivity contribution < 1.29 is 19.1 Å². The molecule has 2 heterocycles. The number of nitrogens with zero attached hydrogens (tertiary/aromatic N) is 3. The summed E-state index contributed by atoms with van der Waals surface area (Å²) in [6.45, 7) is 6.31. The molecule has 0 aliphatic carbocycles. The van der Waals surface area contributed by atoms with Gasteiger partial charge in [0.25, 0.3) is 0 Å². The fourth-order valence-corrected chi connectivity index (χ4v) is 4.10. The molecule has 0 bridgehead atoms. The number of anilines is 3. The molecule has 196 valence electrons. The molecule has 4 rings (SSSR count). The van der Waals surface area contributed by atoms with Crippen molar-refractivity contribution in [3.63, 3.8) is 0 Å². The number of para-hydroxylation sites is 1. The number of amides is 1. The van der Waals surface area contributed by atoms with Crippen molar-refractivity contribution >= 4 is 77.2 Å². The summed E-state index contributed by atoms with van der Waals surface area (Å²) >= 11 is 0. The van der Waals surface area contributed by atoms with Crippen molar-refractivity contribution in [3.05, 3.63) is 59.9 Å². The fourth-order valence-electron chi connectivity index (χ4n) is 4.10. The number of pyridine rings is 1. The van der Waals surface area contributed by atoms with Crippen molar-refractivity contribution in [1.82, 2.24) is 4.98 Å². The van der Waals surface area contributed by atoms with Crippen molar-refractivity contribution in [2.24, 2.45) is 5.92 Å². The van der Waals surface area contributed by atoms with Gasteiger partial charge in [-0.15, -0.1) is 37.2 Å². The van der Waals surface area contributed by atoms with Gasteiger partial charge >= 0.3 is 5.97 Å². The summed E-state index contributed by atoms with van der Waals surface area (Å²) in [5, 5.41) is 13.1. The van der Waals surface area contributed by atoms with Gasteiger partial charge in [-0.3, -0.25) is 4.79 Å². The van der Waals surface area contributed by atoms with E-state index in [2.05, 4.69) is 10.3 Å². The van der Waals surface area contributed by atoms with E-state index in [4.69, 9.17) is 0 Å². The molecular formula is C25H30Cl3FN4O3. The summed E-state index contributed by atoms with van der Waals surface area (Å²) < 4.78 is 14.1. The van der Waals surface area contributed by atoms with E-state index in [0.717, 1.165) is 0 Å². The SMILES string of the molecule is CC(C)CC(=O)Nc1ccc2nc(N3CCN(c4ccccc4F)CC3)cc(C(=O)O)c2c1.Cl.Cl.Cl. The Morgan fingerprint density at radius 3 is 2.25 bits per heavy atom. The Bertz CT molecular complexity index is 1200. The van der Waals surface area contributed by atoms with Crippen LogP contribution in [0.25, 0.3) is 10.9 Å². The summed E-state index contributed by atoms with van der Waals surface area (Å²) in [6.07, 6.45) is 0.389. The molecule has 0 saturated carbocycles. The average Bonchev–Trinajstić information content (AvgIpc) is 2.78. The van der Waals surface area contributed by atoms with Crippen LogP contribution in [-0.2, 0) is 4.79 Å². The number of piperazine rings is 1. The Balaban J connectivity index is 0.00000216. The molecule has 0 radical (unpaired) electrons. The number of hydrogen-bond donors (Lipinski definition) is 2. The topological polar surface area (TPSA) is 85.8 Å². The second kappa shape index (κ2) is 13.5. The molecule has 0 atom stereocenters. The summed E-state index contributed by atoms with van der Waals surface area (Å²) in [5.41, 5.74) is 1.79. The maximum atomic E-state index is 14.1. The number of carbonyl (C=O) groups is 2. The van der Waals surface area contributed by atoms with Crippen molar-refractivity contribution in [1.29, 1.82) is 0 Å². The predicted molar refractivity (Wildman–Crippen MR) is 149 cm³/mol. The molecule has 1 aliphatic rings. The van der Waals surface area contributed by atoms with Gasteiger partial charge in [-0.05, 0) is 42.3 Å². The lowest BCUT2D eigenvalue weighted by atomic mass is 10.1. The van der Waals surface area contributed by atoms with Gasteiger partial charge in [0.15, 0.2) is 0 Å². The molecule has 1 aromatic heterocycles. The molecule has 1 amide bonds. The Labute approximate surface area is 228 Å². The fraction of sp³-hybridized carbons (Fsp3) is 0.320. The zero-order valence-corrected chi connectivity index (χ0v) is 22.4. The number of carbonyl (C=O) groups excluding carboxylic acids is 1. The lowest BCUT2D eigenvalue weighted by Gasteiger charge is -2.37. The zero-order valence-electron chi connectivity index (χ0n) is 19.9. The van der Waals surface area contributed by atoms with E-state index in [1.165, 1.54) is 6.07 Å². The second-order valence-electron chi connectivity index (χ2n) is 8.64. The van der Waals surface area contributed by atoms with Crippen LogP contribution in [0.4, 0.5) is 21.6 Å². The lowest BCUT2D eigenvalue weighted by molar-refractivity contribution is -0.116. The second-order valence-corrected chi connectivity index (χ2v) is 8.64. The number of aromatic carboxylic acids is 1. The number of aromatic nitrogens is 1. The standard InChI is InChI=1S/C25H27FN4O3.3ClH/c1-16(2)13-24(31)27-17-7-8-21-18(14-17)19(25(32)33)15-23(28-21)30-11-9-29(10-12-30)22-6-4-3-5-20(22)26;;;/h3-8,14-16H,9-13H2,1-2H3,(H,27,31)(H,32,33);3*1H. The van der Waals surface area contributed by atoms with Gasteiger partial charge in [-0.2, -0.15) is 0 Å². The van der Waals surface area contributed by atoms with Gasteiger partial charge in [0.2, 0.25) is 5.91 Å². The highest BCUT2D eigenvalue weighted by molar-refractivity contribution is 6.05. The highest BCUT2D eigenvalue weighted by Crippen LogP contribution is 2.28. The first-order valence-corrected chi connectivity index (χ1v) is 11.0. The Hall–Kier alpha value is -2.81. The normalized spacial score (nSPS) is 12.9. The van der Waals surface area contributed by atoms with Crippen molar-refractivity contribution in [2.75, 3.05) is 41.3 Å². The first-order valence-electron chi connectivity index (χ1n) is 11.0. The minimum absolute atomic E-state index is 0. The van der Waals surface area contributed by atoms with E-state index in [1.54, 1.807) is 36.4 Å². The number of carboxylic acids is 1. The van der Waals surface area contributed by atoms with Crippen LogP contribution < -0.4 is 15.1 Å². The van der Waals surface area contributed by atoms with Gasteiger partial charge in [-0.25, -0.2) is 14.2 Å². The molecule has 36 heavy (non-hydrogen) atoms. The van der Waals surface area contributed by atoms with Crippen LogP contribution in [0.3, 0.4) is 0 Å². The van der Waals surface area contributed by atoms with Crippen LogP contribution in [0.15, 0.2) is 48.5 Å². The zero-order chi connectivity index (χ0) is 23.5. The monoisotopic (exact) mass is 558 g/mol. The molecule has 3 aromatic rings. The van der Waals surface area contributed by atoms with Gasteiger partial charge < -0.3 is 20.2 Å². The minimum atomic E-state index is -1.06. The first-order chi connectivity index (χ1) is 15.8. The lowest BCUT2D eigenvalue weighted by Crippen LogP contribution is -2.47. The molecule has 11 heteroatoms. The van der Waals surface area contributed by atoms with Gasteiger partial charge in [0, 0.05) is 43.7 Å². The number of nitrogens with one attached hydrogen (secondary N) is 1. The number of halogens is 4. The Morgan fingerprint density at radius 2 is 1.64 bits per heavy atom. The van der Waals surface area contributed by atoms with Crippen molar-refractivity contribution in [3.8, 4) is 0 Å². The van der Waals surface area contributed by atoms with E-state index in [0.29, 0.717) is 60.7 Å². The molecule has 1 aliphatic heterocycles. The summed E-state index contributed by atoms with van der Waals surface area (Å²) in [6, 6.07) is 13.4. The third-order valence-electron chi connectivity index (χ3n) is 5.70. The molecular weight excluding hydrogens is 530 g/mol. The van der Waals surface area contributed by atoms with Crippen LogP contribution in [-0.4, -0.2) is 48.1 Å². The number of fused-ring (bicyclic) bond motifs is 1. The molecule has 2 aromatic carbocycles. The van der Waals surface area contributed by atoms with Crippen LogP contribution in [0.5, 0.6) is 0 Å². The van der Waals surface area contributed by atoms with Gasteiger partial charge in [-0.1, -0.05) is 26.0 Å². The Morgan fingerprint density at radius 1 is 1.00 bits per heavy atom. The Kier molecular flexibility index (Phi) is 11.7. The molecule has 7 nitrogen and oxygen atoms in total. The third kappa shape index (κ3) is 7.12. The molecule has 0 spiro atoms. The largest absolute Gasteiger partial charge is 0.478 e. The third-order valence-corrected chi connectivity index (χ3v) is 5.70. The van der Waals surface area contributed by atoms with Crippen LogP contribution in [0.1, 0.15) is 30.6 Å². The van der Waals surface area contributed by atoms with Crippen LogP contribution in [0, 0.1) is 11.7 Å². The number of carboxylic acid groups (broad SMARTS) is 1. The van der Waals surface area contributed by atoms with Crippen molar-refractivity contribution in [2.45, 2.75) is 20.3 Å². The van der Waals surface area contributed by atoms with E-state index in [-0.39, 0.29) is 60.4 Å². The maximum Gasteiger partial charge on any atom is 0.336 e. The van der Waals surface area contributed by atoms with Crippen LogP contribution in [0.2, 0.25) is 0 Å². The number of benzene rings is 2. The van der Waals surface area contributed by atoms with E-state index in [1.807, 2.05) is 29.7 Å². The minimum Gasteiger partial charge on any atom is -0.478 e. The maximum absolute atomic E-state index is 14.1. The molecule has 1 saturated heterocycles. The van der Waals surface area contributed by atoms with Gasteiger partial charge in [0.1, 0.15) is 11.6 Å². The number of hydrogen-bond acceptors (Lipinski definition) is 5. The first kappa shape index (κ1) is 31.2. The predicted octanol–water partition coefficient (Wildman–Crippen LogP) is 5.65.